The fourth-order valence-electron chi connectivity index (χ4n) is 1.64. The number of β-lactam (4-membered cyclic amide) rings is 1. The Kier molecular flexibility index (Phi) is 3.10. The van der Waals surface area contributed by atoms with Gasteiger partial charge in [0.1, 0.15) is 12.1 Å². The third-order valence-electron chi connectivity index (χ3n) is 2.77. The lowest BCUT2D eigenvalue weighted by Gasteiger charge is -2.42. The van der Waals surface area contributed by atoms with Crippen LogP contribution in [-0.2, 0) is 9.59 Å². The molecule has 80 valence electrons. The average Bonchev–Trinajstić information content (AvgIpc) is 2.15. The fraction of sp³-hybridized carbons (Fsp3) is 0.778. The van der Waals surface area contributed by atoms with E-state index in [0.29, 0.717) is 6.54 Å². The Morgan fingerprint density at radius 3 is 2.64 bits per heavy atom. The van der Waals surface area contributed by atoms with E-state index in [1.807, 2.05) is 13.8 Å². The van der Waals surface area contributed by atoms with Crippen molar-refractivity contribution in [1.29, 1.82) is 0 Å². The van der Waals surface area contributed by atoms with Crippen LogP contribution in [0, 0.1) is 5.92 Å². The number of hydrogen-bond acceptors (Lipinski definition) is 3. The van der Waals surface area contributed by atoms with E-state index in [1.165, 1.54) is 4.90 Å². The van der Waals surface area contributed by atoms with Crippen molar-refractivity contribution >= 4 is 11.9 Å². The first-order chi connectivity index (χ1) is 6.49. The van der Waals surface area contributed by atoms with Gasteiger partial charge >= 0.3 is 5.97 Å². The number of aliphatic carboxylic acids is 1. The molecule has 0 saturated carbocycles. The Labute approximate surface area is 82.9 Å². The first kappa shape index (κ1) is 11.0. The summed E-state index contributed by atoms with van der Waals surface area (Å²) in [4.78, 5) is 23.6. The Bertz CT molecular complexity index is 254. The molecule has 3 unspecified atom stereocenters. The summed E-state index contributed by atoms with van der Waals surface area (Å²) in [5.41, 5.74) is 5.41. The molecule has 14 heavy (non-hydrogen) atoms. The van der Waals surface area contributed by atoms with Crippen LogP contribution in [0.5, 0.6) is 0 Å². The molecule has 1 saturated heterocycles. The first-order valence-corrected chi connectivity index (χ1v) is 4.77. The molecule has 1 amide bonds. The van der Waals surface area contributed by atoms with E-state index in [0.717, 1.165) is 6.42 Å². The van der Waals surface area contributed by atoms with Crippen molar-refractivity contribution in [1.82, 2.24) is 4.90 Å². The molecule has 0 aromatic heterocycles. The van der Waals surface area contributed by atoms with Crippen molar-refractivity contribution in [3.8, 4) is 0 Å². The molecule has 1 rings (SSSR count). The van der Waals surface area contributed by atoms with Gasteiger partial charge in [0.15, 0.2) is 0 Å². The van der Waals surface area contributed by atoms with Crippen LogP contribution in [0.4, 0.5) is 0 Å². The minimum Gasteiger partial charge on any atom is -0.480 e. The van der Waals surface area contributed by atoms with Gasteiger partial charge in [-0.25, -0.2) is 4.79 Å². The second kappa shape index (κ2) is 3.96. The highest BCUT2D eigenvalue weighted by Gasteiger charge is 2.43. The van der Waals surface area contributed by atoms with Gasteiger partial charge in [0.2, 0.25) is 5.91 Å². The SMILES string of the molecule is CCC(C)C(C(=O)O)N1CC(N)C1=O. The molecule has 3 atom stereocenters. The van der Waals surface area contributed by atoms with Crippen LogP contribution in [-0.4, -0.2) is 40.5 Å². The summed E-state index contributed by atoms with van der Waals surface area (Å²) < 4.78 is 0. The summed E-state index contributed by atoms with van der Waals surface area (Å²) in [6.07, 6.45) is 0.732. The van der Waals surface area contributed by atoms with E-state index in [2.05, 4.69) is 0 Å². The number of carboxylic acids is 1. The first-order valence-electron chi connectivity index (χ1n) is 4.77. The van der Waals surface area contributed by atoms with Crippen molar-refractivity contribution in [2.45, 2.75) is 32.4 Å². The summed E-state index contributed by atoms with van der Waals surface area (Å²) in [5.74, 6) is -1.23. The van der Waals surface area contributed by atoms with Gasteiger partial charge in [0, 0.05) is 6.54 Å². The largest absolute Gasteiger partial charge is 0.480 e. The number of nitrogens with zero attached hydrogens (tertiary/aromatic N) is 1. The number of carbonyl (C=O) groups is 2. The lowest BCUT2D eigenvalue weighted by atomic mass is 9.93. The summed E-state index contributed by atoms with van der Waals surface area (Å²) >= 11 is 0. The maximum atomic E-state index is 11.3. The van der Waals surface area contributed by atoms with Crippen LogP contribution in [0.2, 0.25) is 0 Å². The molecule has 3 N–H and O–H groups in total. The molecule has 5 heteroatoms. The highest BCUT2D eigenvalue weighted by atomic mass is 16.4. The zero-order valence-corrected chi connectivity index (χ0v) is 8.43. The van der Waals surface area contributed by atoms with Crippen molar-refractivity contribution in [2.24, 2.45) is 11.7 Å². The molecule has 0 bridgehead atoms. The van der Waals surface area contributed by atoms with Gasteiger partial charge in [-0.3, -0.25) is 4.79 Å². The molecule has 0 aromatic carbocycles. The minimum atomic E-state index is -0.945. The molecular formula is C9H16N2O3. The van der Waals surface area contributed by atoms with E-state index in [4.69, 9.17) is 10.8 Å². The van der Waals surface area contributed by atoms with Crippen molar-refractivity contribution in [3.05, 3.63) is 0 Å². The van der Waals surface area contributed by atoms with Gasteiger partial charge in [-0.15, -0.1) is 0 Å². The van der Waals surface area contributed by atoms with Crippen LogP contribution in [0.15, 0.2) is 0 Å². The molecule has 0 radical (unpaired) electrons. The predicted molar refractivity (Wildman–Crippen MR) is 50.6 cm³/mol. The summed E-state index contributed by atoms with van der Waals surface area (Å²) in [5, 5.41) is 8.98. The minimum absolute atomic E-state index is 0.0380. The summed E-state index contributed by atoms with van der Waals surface area (Å²) in [6.45, 7) is 4.10. The average molecular weight is 200 g/mol. The molecule has 0 spiro atoms. The number of likely N-dealkylation sites (tertiary alicyclic amines) is 1. The molecular weight excluding hydrogens is 184 g/mol. The van der Waals surface area contributed by atoms with Gasteiger partial charge in [-0.2, -0.15) is 0 Å². The number of hydrogen-bond donors (Lipinski definition) is 2. The van der Waals surface area contributed by atoms with Crippen LogP contribution in [0.3, 0.4) is 0 Å². The van der Waals surface area contributed by atoms with Gasteiger partial charge in [0.25, 0.3) is 0 Å². The van der Waals surface area contributed by atoms with Gasteiger partial charge in [-0.1, -0.05) is 20.3 Å². The standard InChI is InChI=1S/C9H16N2O3/c1-3-5(2)7(9(13)14)11-4-6(10)8(11)12/h5-7H,3-4,10H2,1-2H3,(H,13,14). The van der Waals surface area contributed by atoms with Crippen LogP contribution in [0.25, 0.3) is 0 Å². The second-order valence-electron chi connectivity index (χ2n) is 3.77. The Balaban J connectivity index is 2.70. The Morgan fingerprint density at radius 2 is 2.36 bits per heavy atom. The number of carbonyl (C=O) groups excluding carboxylic acids is 1. The van der Waals surface area contributed by atoms with E-state index in [-0.39, 0.29) is 11.8 Å². The third-order valence-corrected chi connectivity index (χ3v) is 2.77. The van der Waals surface area contributed by atoms with E-state index in [1.54, 1.807) is 0 Å². The second-order valence-corrected chi connectivity index (χ2v) is 3.77. The van der Waals surface area contributed by atoms with Gasteiger partial charge in [0.05, 0.1) is 0 Å². The predicted octanol–water partition coefficient (Wildman–Crippen LogP) is -0.345. The fourth-order valence-corrected chi connectivity index (χ4v) is 1.64. The molecule has 1 fully saturated rings. The lowest BCUT2D eigenvalue weighted by molar-refractivity contribution is -0.160. The highest BCUT2D eigenvalue weighted by molar-refractivity contribution is 5.92. The van der Waals surface area contributed by atoms with Crippen LogP contribution >= 0.6 is 0 Å². The maximum Gasteiger partial charge on any atom is 0.326 e. The zero-order valence-electron chi connectivity index (χ0n) is 8.43. The van der Waals surface area contributed by atoms with E-state index < -0.39 is 18.1 Å². The van der Waals surface area contributed by atoms with Crippen molar-refractivity contribution in [2.75, 3.05) is 6.54 Å². The smallest absolute Gasteiger partial charge is 0.326 e. The molecule has 1 aliphatic heterocycles. The number of amides is 1. The van der Waals surface area contributed by atoms with Crippen LogP contribution in [0.1, 0.15) is 20.3 Å². The third kappa shape index (κ3) is 1.72. The molecule has 0 aromatic rings. The molecule has 1 heterocycles. The number of carboxylic acid groups (broad SMARTS) is 1. The zero-order chi connectivity index (χ0) is 10.9. The van der Waals surface area contributed by atoms with Crippen molar-refractivity contribution < 1.29 is 14.7 Å². The van der Waals surface area contributed by atoms with E-state index >= 15 is 0 Å². The quantitative estimate of drug-likeness (QED) is 0.608. The Hall–Kier alpha value is -1.10. The topological polar surface area (TPSA) is 83.6 Å². The monoisotopic (exact) mass is 200 g/mol. The van der Waals surface area contributed by atoms with E-state index in [9.17, 15) is 9.59 Å². The van der Waals surface area contributed by atoms with Crippen LogP contribution < -0.4 is 5.73 Å². The summed E-state index contributed by atoms with van der Waals surface area (Å²) in [7, 11) is 0. The molecule has 0 aliphatic carbocycles. The maximum absolute atomic E-state index is 11.3. The van der Waals surface area contributed by atoms with Crippen molar-refractivity contribution in [3.63, 3.8) is 0 Å². The molecule has 5 nitrogen and oxygen atoms in total. The van der Waals surface area contributed by atoms with Gasteiger partial charge in [-0.05, 0) is 5.92 Å². The Morgan fingerprint density at radius 1 is 1.79 bits per heavy atom. The highest BCUT2D eigenvalue weighted by Crippen LogP contribution is 2.21. The normalized spacial score (nSPS) is 25.5. The summed E-state index contributed by atoms with van der Waals surface area (Å²) in [6, 6.07) is -1.21. The molecule has 1 aliphatic rings. The number of nitrogens with two attached hydrogens (primary N) is 1. The number of rotatable bonds is 4. The van der Waals surface area contributed by atoms with Gasteiger partial charge < -0.3 is 15.7 Å². The lowest BCUT2D eigenvalue weighted by Crippen LogP contribution is -2.66.